The summed E-state index contributed by atoms with van der Waals surface area (Å²) in [7, 11) is -0.140. The molecule has 1 aliphatic heterocycles. The first kappa shape index (κ1) is 23.1. The zero-order chi connectivity index (χ0) is 20.9. The largest absolute Gasteiger partial charge is 0.472 e. The fourth-order valence-electron chi connectivity index (χ4n) is 3.39. The van der Waals surface area contributed by atoms with Gasteiger partial charge in [0, 0.05) is 52.4 Å². The molecular weight excluding hydrogens is 411 g/mol. The maximum atomic E-state index is 11.9. The van der Waals surface area contributed by atoms with Crippen LogP contribution in [0.1, 0.15) is 12.8 Å². The van der Waals surface area contributed by atoms with Crippen LogP contribution in [0.3, 0.4) is 0 Å². The number of amides is 2. The second-order valence-corrected chi connectivity index (χ2v) is 8.46. The molecule has 1 saturated carbocycles. The number of hydrogen-bond acceptors (Lipinski definition) is 8. The fraction of sp³-hybridized carbons (Fsp3) is 0.688. The molecule has 12 heteroatoms. The van der Waals surface area contributed by atoms with Gasteiger partial charge in [0.1, 0.15) is 12.2 Å². The zero-order valence-electron chi connectivity index (χ0n) is 15.9. The molecule has 28 heavy (non-hydrogen) atoms. The van der Waals surface area contributed by atoms with E-state index in [1.54, 1.807) is 0 Å². The lowest BCUT2D eigenvalue weighted by Gasteiger charge is -2.27. The second-order valence-electron chi connectivity index (χ2n) is 6.46. The molecule has 2 amide bonds. The third kappa shape index (κ3) is 5.66. The van der Waals surface area contributed by atoms with Crippen molar-refractivity contribution in [2.75, 3.05) is 34.5 Å². The van der Waals surface area contributed by atoms with Crippen molar-refractivity contribution in [2.24, 2.45) is 5.92 Å². The number of carbonyl (C=O) groups excluding carboxylic acids is 2. The summed E-state index contributed by atoms with van der Waals surface area (Å²) in [6.07, 6.45) is 1.92. The van der Waals surface area contributed by atoms with E-state index in [-0.39, 0.29) is 30.3 Å². The number of methoxy groups -OCH3 is 2. The van der Waals surface area contributed by atoms with E-state index in [1.165, 1.54) is 26.4 Å². The standard InChI is InChI=1S/C16H25N2O8PS/c1-23-9-10-8-11(16(24-2)15(10)26-27(21,22)25-3)17-12(28)6-7-18-13(19)4-5-14(18)20/h4-5,10-11,15-16H,6-9H2,1-3H3,(H,17,28)(H,21,22)/t10-,11+,15?,16-/m1/s1. The molecule has 0 spiro atoms. The third-order valence-corrected chi connectivity index (χ3v) is 5.98. The molecule has 2 unspecified atom stereocenters. The molecule has 5 atom stereocenters. The van der Waals surface area contributed by atoms with Gasteiger partial charge in [0.25, 0.3) is 11.8 Å². The maximum Gasteiger partial charge on any atom is 0.472 e. The van der Waals surface area contributed by atoms with Gasteiger partial charge in [-0.2, -0.15) is 0 Å². The number of phosphoric ester groups is 1. The van der Waals surface area contributed by atoms with E-state index >= 15 is 0 Å². The first-order chi connectivity index (χ1) is 13.2. The minimum absolute atomic E-state index is 0.164. The summed E-state index contributed by atoms with van der Waals surface area (Å²) < 4.78 is 32.4. The predicted octanol–water partition coefficient (Wildman–Crippen LogP) is 0.400. The Balaban J connectivity index is 1.99. The number of ether oxygens (including phenoxy) is 2. The van der Waals surface area contributed by atoms with Crippen LogP contribution in [0.15, 0.2) is 12.2 Å². The lowest BCUT2D eigenvalue weighted by molar-refractivity contribution is -0.136. The first-order valence-electron chi connectivity index (χ1n) is 8.64. The number of hydrogen-bond donors (Lipinski definition) is 2. The van der Waals surface area contributed by atoms with Crippen LogP contribution in [0.4, 0.5) is 0 Å². The highest BCUT2D eigenvalue weighted by Crippen LogP contribution is 2.48. The van der Waals surface area contributed by atoms with Crippen molar-refractivity contribution in [2.45, 2.75) is 31.1 Å². The van der Waals surface area contributed by atoms with Gasteiger partial charge in [-0.3, -0.25) is 23.5 Å². The normalized spacial score (nSPS) is 29.4. The van der Waals surface area contributed by atoms with Crippen LogP contribution in [-0.4, -0.2) is 79.3 Å². The third-order valence-electron chi connectivity index (χ3n) is 4.69. The van der Waals surface area contributed by atoms with Crippen molar-refractivity contribution in [1.29, 1.82) is 0 Å². The number of nitrogens with zero attached hydrogens (tertiary/aromatic N) is 1. The predicted molar refractivity (Wildman–Crippen MR) is 102 cm³/mol. The SMILES string of the molecule is COC[C@H]1C[C@H](NC(=S)CCN2C(=O)C=CC2=O)[C@@H](OC)C1OP(=O)(O)OC. The van der Waals surface area contributed by atoms with E-state index in [0.29, 0.717) is 24.4 Å². The molecule has 1 fully saturated rings. The summed E-state index contributed by atoms with van der Waals surface area (Å²) >= 11 is 5.34. The maximum absolute atomic E-state index is 11.9. The quantitative estimate of drug-likeness (QED) is 0.283. The molecule has 0 bridgehead atoms. The average molecular weight is 436 g/mol. The molecule has 1 heterocycles. The van der Waals surface area contributed by atoms with Crippen molar-refractivity contribution in [3.05, 3.63) is 12.2 Å². The van der Waals surface area contributed by atoms with E-state index in [9.17, 15) is 19.0 Å². The Morgan fingerprint density at radius 3 is 2.46 bits per heavy atom. The smallest absolute Gasteiger partial charge is 0.384 e. The number of carbonyl (C=O) groups is 2. The fourth-order valence-corrected chi connectivity index (χ4v) is 4.32. The molecule has 2 N–H and O–H groups in total. The van der Waals surface area contributed by atoms with Crippen LogP contribution in [-0.2, 0) is 32.7 Å². The van der Waals surface area contributed by atoms with E-state index in [2.05, 4.69) is 9.84 Å². The van der Waals surface area contributed by atoms with Crippen molar-refractivity contribution >= 4 is 36.8 Å². The van der Waals surface area contributed by atoms with Gasteiger partial charge in [0.2, 0.25) is 0 Å². The first-order valence-corrected chi connectivity index (χ1v) is 10.5. The summed E-state index contributed by atoms with van der Waals surface area (Å²) in [5.74, 6) is -0.956. The van der Waals surface area contributed by atoms with Gasteiger partial charge in [-0.15, -0.1) is 0 Å². The lowest BCUT2D eigenvalue weighted by Crippen LogP contribution is -2.45. The van der Waals surface area contributed by atoms with Gasteiger partial charge in [-0.25, -0.2) is 4.57 Å². The van der Waals surface area contributed by atoms with Gasteiger partial charge >= 0.3 is 7.82 Å². The summed E-state index contributed by atoms with van der Waals surface area (Å²) in [4.78, 5) is 34.5. The Morgan fingerprint density at radius 1 is 1.29 bits per heavy atom. The van der Waals surface area contributed by atoms with Crippen molar-refractivity contribution in [3.8, 4) is 0 Å². The molecule has 0 radical (unpaired) electrons. The molecule has 0 aromatic rings. The number of nitrogens with one attached hydrogen (secondary N) is 1. The number of phosphoric acid groups is 1. The van der Waals surface area contributed by atoms with E-state index in [4.69, 9.17) is 26.2 Å². The highest BCUT2D eigenvalue weighted by Gasteiger charge is 2.47. The van der Waals surface area contributed by atoms with Crippen molar-refractivity contribution in [3.63, 3.8) is 0 Å². The minimum atomic E-state index is -4.22. The summed E-state index contributed by atoms with van der Waals surface area (Å²) in [6.45, 7) is 0.458. The molecule has 1 aliphatic carbocycles. The van der Waals surface area contributed by atoms with Gasteiger partial charge in [-0.05, 0) is 6.42 Å². The monoisotopic (exact) mass is 436 g/mol. The van der Waals surface area contributed by atoms with Crippen LogP contribution >= 0.6 is 20.0 Å². The van der Waals surface area contributed by atoms with Crippen LogP contribution < -0.4 is 5.32 Å². The molecule has 10 nitrogen and oxygen atoms in total. The van der Waals surface area contributed by atoms with Crippen molar-refractivity contribution < 1.29 is 37.6 Å². The summed E-state index contributed by atoms with van der Waals surface area (Å²) in [5, 5.41) is 3.14. The molecule has 0 aromatic carbocycles. The number of thiocarbonyl (C=S) groups is 1. The molecule has 158 valence electrons. The average Bonchev–Trinajstić information content (AvgIpc) is 3.12. The lowest BCUT2D eigenvalue weighted by atomic mass is 10.1. The Hall–Kier alpha value is -1.20. The van der Waals surface area contributed by atoms with E-state index in [1.807, 2.05) is 0 Å². The zero-order valence-corrected chi connectivity index (χ0v) is 17.6. The van der Waals surface area contributed by atoms with Gasteiger partial charge < -0.3 is 19.7 Å². The highest BCUT2D eigenvalue weighted by atomic mass is 32.1. The Labute approximate surface area is 168 Å². The number of imide groups is 1. The van der Waals surface area contributed by atoms with E-state index in [0.717, 1.165) is 12.0 Å². The van der Waals surface area contributed by atoms with Crippen LogP contribution in [0.25, 0.3) is 0 Å². The molecule has 2 rings (SSSR count). The van der Waals surface area contributed by atoms with Crippen LogP contribution in [0, 0.1) is 5.92 Å². The minimum Gasteiger partial charge on any atom is -0.384 e. The van der Waals surface area contributed by atoms with E-state index < -0.39 is 20.0 Å². The van der Waals surface area contributed by atoms with Gasteiger partial charge in [0.05, 0.1) is 17.6 Å². The van der Waals surface area contributed by atoms with Gasteiger partial charge in [-0.1, -0.05) is 12.2 Å². The number of rotatable bonds is 10. The molecular formula is C16H25N2O8PS. The van der Waals surface area contributed by atoms with Crippen LogP contribution in [0.5, 0.6) is 0 Å². The Kier molecular flexibility index (Phi) is 8.26. The Morgan fingerprint density at radius 2 is 1.93 bits per heavy atom. The van der Waals surface area contributed by atoms with Gasteiger partial charge in [0.15, 0.2) is 0 Å². The van der Waals surface area contributed by atoms with Crippen LogP contribution in [0.2, 0.25) is 0 Å². The molecule has 0 aromatic heterocycles. The topological polar surface area (TPSA) is 124 Å². The molecule has 2 aliphatic rings. The summed E-state index contributed by atoms with van der Waals surface area (Å²) in [6, 6.07) is -0.303. The summed E-state index contributed by atoms with van der Waals surface area (Å²) in [5.41, 5.74) is 0. The second kappa shape index (κ2) is 10.0. The Bertz CT molecular complexity index is 670. The van der Waals surface area contributed by atoms with Crippen molar-refractivity contribution in [1.82, 2.24) is 10.2 Å². The molecule has 0 saturated heterocycles. The highest BCUT2D eigenvalue weighted by molar-refractivity contribution is 7.80.